The van der Waals surface area contributed by atoms with Crippen LogP contribution in [0.4, 0.5) is 0 Å². The molecule has 0 aliphatic heterocycles. The zero-order valence-corrected chi connectivity index (χ0v) is 12.7. The SMILES string of the molecule is CC(C)(C)OOC(c1ccccc1)c1ccc(Cl)cc1. The number of halogens is 1. The Balaban J connectivity index is 2.27. The Hall–Kier alpha value is -1.35. The largest absolute Gasteiger partial charge is 0.230 e. The first kappa shape index (κ1) is 15.0. The van der Waals surface area contributed by atoms with E-state index in [2.05, 4.69) is 0 Å². The van der Waals surface area contributed by atoms with E-state index in [-0.39, 0.29) is 11.7 Å². The van der Waals surface area contributed by atoms with Gasteiger partial charge in [0.2, 0.25) is 0 Å². The van der Waals surface area contributed by atoms with Crippen molar-refractivity contribution in [1.82, 2.24) is 0 Å². The molecule has 0 saturated carbocycles. The summed E-state index contributed by atoms with van der Waals surface area (Å²) < 4.78 is 0. The lowest BCUT2D eigenvalue weighted by atomic mass is 10.0. The predicted molar refractivity (Wildman–Crippen MR) is 81.7 cm³/mol. The van der Waals surface area contributed by atoms with Crippen LogP contribution in [0.5, 0.6) is 0 Å². The maximum absolute atomic E-state index is 5.94. The van der Waals surface area contributed by atoms with E-state index in [4.69, 9.17) is 21.4 Å². The molecule has 0 radical (unpaired) electrons. The summed E-state index contributed by atoms with van der Waals surface area (Å²) >= 11 is 5.94. The van der Waals surface area contributed by atoms with Crippen LogP contribution in [0.25, 0.3) is 0 Å². The van der Waals surface area contributed by atoms with E-state index in [9.17, 15) is 0 Å². The van der Waals surface area contributed by atoms with Crippen molar-refractivity contribution >= 4 is 11.6 Å². The molecule has 0 heterocycles. The van der Waals surface area contributed by atoms with Crippen molar-refractivity contribution in [2.45, 2.75) is 32.5 Å². The molecular weight excluding hydrogens is 272 g/mol. The van der Waals surface area contributed by atoms with Crippen LogP contribution < -0.4 is 0 Å². The van der Waals surface area contributed by atoms with Crippen LogP contribution in [-0.4, -0.2) is 5.60 Å². The van der Waals surface area contributed by atoms with Gasteiger partial charge in [-0.2, -0.15) is 0 Å². The van der Waals surface area contributed by atoms with Crippen molar-refractivity contribution in [1.29, 1.82) is 0 Å². The van der Waals surface area contributed by atoms with E-state index in [1.165, 1.54) is 0 Å². The summed E-state index contributed by atoms with van der Waals surface area (Å²) in [5.41, 5.74) is 1.68. The third kappa shape index (κ3) is 4.34. The monoisotopic (exact) mass is 290 g/mol. The predicted octanol–water partition coefficient (Wildman–Crippen LogP) is 5.18. The lowest BCUT2D eigenvalue weighted by Crippen LogP contribution is -2.21. The first-order chi connectivity index (χ1) is 9.46. The second-order valence-electron chi connectivity index (χ2n) is 5.63. The summed E-state index contributed by atoms with van der Waals surface area (Å²) in [6.07, 6.45) is -0.271. The molecule has 0 amide bonds. The average molecular weight is 291 g/mol. The number of rotatable bonds is 4. The molecular formula is C17H19ClO2. The van der Waals surface area contributed by atoms with Crippen molar-refractivity contribution in [3.63, 3.8) is 0 Å². The molecule has 106 valence electrons. The highest BCUT2D eigenvalue weighted by molar-refractivity contribution is 6.30. The minimum Gasteiger partial charge on any atom is -0.230 e. The van der Waals surface area contributed by atoms with Crippen LogP contribution in [0.1, 0.15) is 38.0 Å². The van der Waals surface area contributed by atoms with Gasteiger partial charge in [-0.1, -0.05) is 54.1 Å². The fraction of sp³-hybridized carbons (Fsp3) is 0.294. The normalized spacial score (nSPS) is 13.2. The zero-order valence-electron chi connectivity index (χ0n) is 12.0. The maximum Gasteiger partial charge on any atom is 0.143 e. The van der Waals surface area contributed by atoms with Gasteiger partial charge in [0.05, 0.1) is 5.60 Å². The third-order valence-electron chi connectivity index (χ3n) is 2.67. The van der Waals surface area contributed by atoms with Gasteiger partial charge in [0.15, 0.2) is 0 Å². The smallest absolute Gasteiger partial charge is 0.143 e. The van der Waals surface area contributed by atoms with Gasteiger partial charge < -0.3 is 0 Å². The van der Waals surface area contributed by atoms with Gasteiger partial charge in [0, 0.05) is 5.02 Å². The minimum atomic E-state index is -0.362. The van der Waals surface area contributed by atoms with E-state index < -0.39 is 0 Å². The Labute approximate surface area is 125 Å². The van der Waals surface area contributed by atoms with Gasteiger partial charge in [0.25, 0.3) is 0 Å². The van der Waals surface area contributed by atoms with E-state index in [1.54, 1.807) is 0 Å². The molecule has 0 N–H and O–H groups in total. The molecule has 3 heteroatoms. The fourth-order valence-electron chi connectivity index (χ4n) is 1.76. The Morgan fingerprint density at radius 2 is 1.40 bits per heavy atom. The van der Waals surface area contributed by atoms with Crippen LogP contribution in [-0.2, 0) is 9.78 Å². The molecule has 0 aliphatic carbocycles. The molecule has 2 nitrogen and oxygen atoms in total. The van der Waals surface area contributed by atoms with Crippen LogP contribution in [0.3, 0.4) is 0 Å². The molecule has 20 heavy (non-hydrogen) atoms. The van der Waals surface area contributed by atoms with Crippen molar-refractivity contribution in [3.8, 4) is 0 Å². The summed E-state index contributed by atoms with van der Waals surface area (Å²) in [5.74, 6) is 0. The number of hydrogen-bond acceptors (Lipinski definition) is 2. The molecule has 0 aromatic heterocycles. The lowest BCUT2D eigenvalue weighted by Gasteiger charge is -2.24. The quantitative estimate of drug-likeness (QED) is 0.571. The van der Waals surface area contributed by atoms with Crippen LogP contribution in [0.15, 0.2) is 54.6 Å². The number of benzene rings is 2. The molecule has 2 rings (SSSR count). The van der Waals surface area contributed by atoms with Crippen molar-refractivity contribution in [3.05, 3.63) is 70.7 Å². The minimum absolute atomic E-state index is 0.271. The van der Waals surface area contributed by atoms with Gasteiger partial charge in [-0.15, -0.1) is 0 Å². The van der Waals surface area contributed by atoms with Crippen molar-refractivity contribution in [2.75, 3.05) is 0 Å². The van der Waals surface area contributed by atoms with Crippen LogP contribution >= 0.6 is 11.6 Å². The fourth-order valence-corrected chi connectivity index (χ4v) is 1.89. The van der Waals surface area contributed by atoms with Gasteiger partial charge in [0.1, 0.15) is 6.10 Å². The van der Waals surface area contributed by atoms with E-state index in [0.717, 1.165) is 11.1 Å². The second kappa shape index (κ2) is 6.40. The molecule has 0 bridgehead atoms. The highest BCUT2D eigenvalue weighted by Gasteiger charge is 2.20. The molecule has 0 spiro atoms. The summed E-state index contributed by atoms with van der Waals surface area (Å²) in [6.45, 7) is 5.87. The molecule has 0 aliphatic rings. The molecule has 2 aromatic carbocycles. The third-order valence-corrected chi connectivity index (χ3v) is 2.92. The number of hydrogen-bond donors (Lipinski definition) is 0. The summed E-state index contributed by atoms with van der Waals surface area (Å²) in [6, 6.07) is 17.6. The molecule has 2 aromatic rings. The molecule has 1 unspecified atom stereocenters. The first-order valence-electron chi connectivity index (χ1n) is 6.60. The Morgan fingerprint density at radius 1 is 0.850 bits per heavy atom. The van der Waals surface area contributed by atoms with Crippen LogP contribution in [0.2, 0.25) is 5.02 Å². The van der Waals surface area contributed by atoms with E-state index in [0.29, 0.717) is 5.02 Å². The lowest BCUT2D eigenvalue weighted by molar-refractivity contribution is -0.368. The van der Waals surface area contributed by atoms with E-state index in [1.807, 2.05) is 75.4 Å². The van der Waals surface area contributed by atoms with Crippen LogP contribution in [0, 0.1) is 0 Å². The van der Waals surface area contributed by atoms with Gasteiger partial charge in [-0.3, -0.25) is 0 Å². The zero-order chi connectivity index (χ0) is 14.6. The van der Waals surface area contributed by atoms with Crippen molar-refractivity contribution < 1.29 is 9.78 Å². The van der Waals surface area contributed by atoms with Crippen molar-refractivity contribution in [2.24, 2.45) is 0 Å². The summed E-state index contributed by atoms with van der Waals surface area (Å²) in [4.78, 5) is 11.2. The highest BCUT2D eigenvalue weighted by Crippen LogP contribution is 2.28. The average Bonchev–Trinajstić information content (AvgIpc) is 2.41. The first-order valence-corrected chi connectivity index (χ1v) is 6.98. The van der Waals surface area contributed by atoms with Gasteiger partial charge in [-0.05, 0) is 44.0 Å². The summed E-state index contributed by atoms with van der Waals surface area (Å²) in [5, 5.41) is 0.706. The topological polar surface area (TPSA) is 18.5 Å². The standard InChI is InChI=1S/C17H19ClO2/c1-17(2,3)20-19-16(13-7-5-4-6-8-13)14-9-11-15(18)12-10-14/h4-12,16H,1-3H3. The molecule has 1 atom stereocenters. The summed E-state index contributed by atoms with van der Waals surface area (Å²) in [7, 11) is 0. The molecule has 0 fully saturated rings. The molecule has 0 saturated heterocycles. The Kier molecular flexibility index (Phi) is 4.81. The van der Waals surface area contributed by atoms with E-state index >= 15 is 0 Å². The van der Waals surface area contributed by atoms with Gasteiger partial charge >= 0.3 is 0 Å². The second-order valence-corrected chi connectivity index (χ2v) is 6.07. The maximum atomic E-state index is 5.94. The Bertz CT molecular complexity index is 529. The van der Waals surface area contributed by atoms with Gasteiger partial charge in [-0.25, -0.2) is 9.78 Å². The highest BCUT2D eigenvalue weighted by atomic mass is 35.5. The Morgan fingerprint density at radius 3 is 1.95 bits per heavy atom.